The van der Waals surface area contributed by atoms with Crippen molar-refractivity contribution in [3.05, 3.63) is 29.1 Å². The summed E-state index contributed by atoms with van der Waals surface area (Å²) in [6, 6.07) is 4.54. The van der Waals surface area contributed by atoms with E-state index in [9.17, 15) is 9.18 Å². The molecule has 0 aromatic heterocycles. The lowest BCUT2D eigenvalue weighted by molar-refractivity contribution is -0.119. The average molecular weight is 275 g/mol. The molecule has 0 spiro atoms. The predicted molar refractivity (Wildman–Crippen MR) is 74.4 cm³/mol. The molecular weight excluding hydrogens is 257 g/mol. The molecule has 2 rings (SSSR count). The van der Waals surface area contributed by atoms with Crippen molar-refractivity contribution in [3.63, 3.8) is 0 Å². The van der Waals surface area contributed by atoms with E-state index >= 15 is 0 Å². The first-order chi connectivity index (χ1) is 9.49. The number of nitrogens with one attached hydrogen (secondary N) is 1. The summed E-state index contributed by atoms with van der Waals surface area (Å²) in [5.41, 5.74) is 6.53. The van der Waals surface area contributed by atoms with Crippen LogP contribution in [0.5, 0.6) is 0 Å². The Morgan fingerprint density at radius 3 is 2.75 bits per heavy atom. The summed E-state index contributed by atoms with van der Waals surface area (Å²) in [5, 5.41) is 11.5. The Bertz CT molecular complexity index is 568. The fourth-order valence-electron chi connectivity index (χ4n) is 2.54. The van der Waals surface area contributed by atoms with Gasteiger partial charge >= 0.3 is 0 Å². The molecule has 4 nitrogen and oxygen atoms in total. The quantitative estimate of drug-likeness (QED) is 0.886. The Kier molecular flexibility index (Phi) is 4.05. The van der Waals surface area contributed by atoms with Gasteiger partial charge in [0.15, 0.2) is 0 Å². The molecule has 1 aromatic carbocycles. The Labute approximate surface area is 117 Å². The molecule has 1 fully saturated rings. The molecular formula is C15H18FN3O. The van der Waals surface area contributed by atoms with Crippen LogP contribution in [-0.2, 0) is 4.79 Å². The number of nitriles is 1. The SMILES string of the molecule is Cc1c(F)cc(C#N)cc1NC(=O)CC1(CN)CCC1. The maximum atomic E-state index is 13.6. The van der Waals surface area contributed by atoms with Crippen molar-refractivity contribution in [1.82, 2.24) is 0 Å². The number of hydrogen-bond acceptors (Lipinski definition) is 3. The van der Waals surface area contributed by atoms with Gasteiger partial charge in [-0.3, -0.25) is 4.79 Å². The zero-order chi connectivity index (χ0) is 14.8. The van der Waals surface area contributed by atoms with Crippen LogP contribution in [0.4, 0.5) is 10.1 Å². The molecule has 0 unspecified atom stereocenters. The Morgan fingerprint density at radius 2 is 2.25 bits per heavy atom. The fraction of sp³-hybridized carbons (Fsp3) is 0.467. The van der Waals surface area contributed by atoms with Crippen LogP contribution in [0.15, 0.2) is 12.1 Å². The molecule has 106 valence electrons. The Morgan fingerprint density at radius 1 is 1.55 bits per heavy atom. The van der Waals surface area contributed by atoms with Gasteiger partial charge in [-0.05, 0) is 43.9 Å². The maximum Gasteiger partial charge on any atom is 0.224 e. The van der Waals surface area contributed by atoms with Crippen LogP contribution in [0.25, 0.3) is 0 Å². The highest BCUT2D eigenvalue weighted by molar-refractivity contribution is 5.92. The van der Waals surface area contributed by atoms with Crippen LogP contribution in [0.2, 0.25) is 0 Å². The molecule has 0 radical (unpaired) electrons. The lowest BCUT2D eigenvalue weighted by Gasteiger charge is -2.40. The molecule has 0 heterocycles. The highest BCUT2D eigenvalue weighted by Gasteiger charge is 2.37. The third kappa shape index (κ3) is 2.81. The van der Waals surface area contributed by atoms with Gasteiger partial charge in [-0.1, -0.05) is 6.42 Å². The van der Waals surface area contributed by atoms with Gasteiger partial charge in [0.2, 0.25) is 5.91 Å². The number of anilines is 1. The van der Waals surface area contributed by atoms with Crippen LogP contribution in [0.1, 0.15) is 36.8 Å². The summed E-state index contributed by atoms with van der Waals surface area (Å²) in [4.78, 5) is 12.1. The highest BCUT2D eigenvalue weighted by Crippen LogP contribution is 2.43. The zero-order valence-corrected chi connectivity index (χ0v) is 11.5. The van der Waals surface area contributed by atoms with Crippen molar-refractivity contribution in [2.75, 3.05) is 11.9 Å². The third-order valence-electron chi connectivity index (χ3n) is 4.13. The first-order valence-corrected chi connectivity index (χ1v) is 6.70. The van der Waals surface area contributed by atoms with E-state index in [4.69, 9.17) is 11.0 Å². The number of halogens is 1. The topological polar surface area (TPSA) is 78.9 Å². The molecule has 5 heteroatoms. The fourth-order valence-corrected chi connectivity index (χ4v) is 2.54. The minimum atomic E-state index is -0.489. The smallest absolute Gasteiger partial charge is 0.224 e. The van der Waals surface area contributed by atoms with Gasteiger partial charge in [-0.15, -0.1) is 0 Å². The van der Waals surface area contributed by atoms with Gasteiger partial charge in [0.25, 0.3) is 0 Å². The number of nitrogens with zero attached hydrogens (tertiary/aromatic N) is 1. The average Bonchev–Trinajstić information content (AvgIpc) is 2.39. The lowest BCUT2D eigenvalue weighted by Crippen LogP contribution is -2.40. The molecule has 1 saturated carbocycles. The summed E-state index contributed by atoms with van der Waals surface area (Å²) in [6.45, 7) is 2.07. The summed E-state index contributed by atoms with van der Waals surface area (Å²) >= 11 is 0. The minimum absolute atomic E-state index is 0.0939. The van der Waals surface area contributed by atoms with Gasteiger partial charge in [-0.25, -0.2) is 4.39 Å². The maximum absolute atomic E-state index is 13.6. The largest absolute Gasteiger partial charge is 0.330 e. The van der Waals surface area contributed by atoms with Crippen molar-refractivity contribution in [2.24, 2.45) is 11.1 Å². The molecule has 3 N–H and O–H groups in total. The van der Waals surface area contributed by atoms with E-state index in [-0.39, 0.29) is 16.9 Å². The van der Waals surface area contributed by atoms with Crippen LogP contribution in [0, 0.1) is 29.5 Å². The van der Waals surface area contributed by atoms with Crippen LogP contribution < -0.4 is 11.1 Å². The molecule has 0 saturated heterocycles. The molecule has 0 atom stereocenters. The van der Waals surface area contributed by atoms with Gasteiger partial charge in [0.1, 0.15) is 5.82 Å². The minimum Gasteiger partial charge on any atom is -0.330 e. The molecule has 20 heavy (non-hydrogen) atoms. The lowest BCUT2D eigenvalue weighted by atomic mass is 9.66. The number of carbonyl (C=O) groups excluding carboxylic acids is 1. The van der Waals surface area contributed by atoms with Crippen molar-refractivity contribution in [2.45, 2.75) is 32.6 Å². The first-order valence-electron chi connectivity index (χ1n) is 6.70. The van der Waals surface area contributed by atoms with E-state index < -0.39 is 5.82 Å². The van der Waals surface area contributed by atoms with Crippen molar-refractivity contribution < 1.29 is 9.18 Å². The summed E-state index contributed by atoms with van der Waals surface area (Å²) in [6.07, 6.45) is 3.37. The number of carbonyl (C=O) groups is 1. The zero-order valence-electron chi connectivity index (χ0n) is 11.5. The normalized spacial score (nSPS) is 16.1. The number of rotatable bonds is 4. The van der Waals surface area contributed by atoms with Crippen LogP contribution in [0.3, 0.4) is 0 Å². The Hall–Kier alpha value is -1.93. The second-order valence-electron chi connectivity index (χ2n) is 5.53. The van der Waals surface area contributed by atoms with E-state index in [0.717, 1.165) is 25.3 Å². The third-order valence-corrected chi connectivity index (χ3v) is 4.13. The molecule has 1 aliphatic carbocycles. The van der Waals surface area contributed by atoms with Crippen LogP contribution in [-0.4, -0.2) is 12.5 Å². The highest BCUT2D eigenvalue weighted by atomic mass is 19.1. The van der Waals surface area contributed by atoms with Gasteiger partial charge in [-0.2, -0.15) is 5.26 Å². The van der Waals surface area contributed by atoms with Crippen molar-refractivity contribution in [1.29, 1.82) is 5.26 Å². The van der Waals surface area contributed by atoms with E-state index in [1.807, 2.05) is 6.07 Å². The molecule has 1 amide bonds. The van der Waals surface area contributed by atoms with E-state index in [1.165, 1.54) is 6.07 Å². The summed E-state index contributed by atoms with van der Waals surface area (Å²) < 4.78 is 13.6. The Balaban J connectivity index is 2.12. The number of amides is 1. The summed E-state index contributed by atoms with van der Waals surface area (Å²) in [5.74, 6) is -0.663. The number of nitrogens with two attached hydrogens (primary N) is 1. The standard InChI is InChI=1S/C15H18FN3O/c1-10-12(16)5-11(8-17)6-13(10)19-14(20)7-15(9-18)3-2-4-15/h5-6H,2-4,7,9,18H2,1H3,(H,19,20). The van der Waals surface area contributed by atoms with Gasteiger partial charge in [0.05, 0.1) is 11.6 Å². The van der Waals surface area contributed by atoms with Crippen molar-refractivity contribution in [3.8, 4) is 6.07 Å². The summed E-state index contributed by atoms with van der Waals surface area (Å²) in [7, 11) is 0. The molecule has 0 bridgehead atoms. The van der Waals surface area contributed by atoms with E-state index in [0.29, 0.717) is 24.2 Å². The van der Waals surface area contributed by atoms with Crippen molar-refractivity contribution >= 4 is 11.6 Å². The van der Waals surface area contributed by atoms with Gasteiger partial charge < -0.3 is 11.1 Å². The number of benzene rings is 1. The molecule has 0 aliphatic heterocycles. The van der Waals surface area contributed by atoms with Gasteiger partial charge in [0, 0.05) is 17.7 Å². The van der Waals surface area contributed by atoms with E-state index in [1.54, 1.807) is 6.92 Å². The molecule has 1 aliphatic rings. The first kappa shape index (κ1) is 14.5. The predicted octanol–water partition coefficient (Wildman–Crippen LogP) is 2.46. The molecule has 1 aromatic rings. The van der Waals surface area contributed by atoms with Crippen LogP contribution >= 0.6 is 0 Å². The van der Waals surface area contributed by atoms with E-state index in [2.05, 4.69) is 5.32 Å². The second kappa shape index (κ2) is 5.59. The second-order valence-corrected chi connectivity index (χ2v) is 5.53. The monoisotopic (exact) mass is 275 g/mol. The number of hydrogen-bond donors (Lipinski definition) is 2.